The highest BCUT2D eigenvalue weighted by Crippen LogP contribution is 2.48. The molecule has 1 heterocycles. The Labute approximate surface area is 121 Å². The standard InChI is InChI=1S/C19H22N/c1-13-6-4-5-7-15(13)17-12-14-8-10-19(2)11-9-16(18(14)19)20(17)3/h4-7,12H,8-11H2,1-3H3/q+1. The van der Waals surface area contributed by atoms with E-state index in [0.717, 1.165) is 0 Å². The van der Waals surface area contributed by atoms with Gasteiger partial charge in [-0.05, 0) is 48.8 Å². The number of pyridine rings is 1. The smallest absolute Gasteiger partial charge is 0.198 e. The minimum atomic E-state index is 0.465. The molecular weight excluding hydrogens is 242 g/mol. The van der Waals surface area contributed by atoms with E-state index in [-0.39, 0.29) is 0 Å². The number of nitrogens with zero attached hydrogens (tertiary/aromatic N) is 1. The van der Waals surface area contributed by atoms with Crippen molar-refractivity contribution < 1.29 is 4.57 Å². The lowest BCUT2D eigenvalue weighted by Crippen LogP contribution is -2.37. The Balaban J connectivity index is 2.00. The molecule has 1 nitrogen and oxygen atoms in total. The summed E-state index contributed by atoms with van der Waals surface area (Å²) in [6, 6.07) is 11.2. The monoisotopic (exact) mass is 264 g/mol. The molecule has 0 saturated carbocycles. The maximum Gasteiger partial charge on any atom is 0.213 e. The van der Waals surface area contributed by atoms with E-state index in [4.69, 9.17) is 0 Å². The van der Waals surface area contributed by atoms with E-state index in [0.29, 0.717) is 5.41 Å². The van der Waals surface area contributed by atoms with Crippen LogP contribution in [0.25, 0.3) is 11.3 Å². The van der Waals surface area contributed by atoms with Gasteiger partial charge in [0.05, 0.1) is 0 Å². The van der Waals surface area contributed by atoms with E-state index in [1.54, 1.807) is 16.8 Å². The normalized spacial score (nSPS) is 23.1. The molecule has 102 valence electrons. The molecular formula is C19H22N+. The van der Waals surface area contributed by atoms with Crippen molar-refractivity contribution >= 4 is 0 Å². The Morgan fingerprint density at radius 1 is 1.10 bits per heavy atom. The summed E-state index contributed by atoms with van der Waals surface area (Å²) in [6.45, 7) is 4.68. The molecule has 0 amide bonds. The molecule has 1 unspecified atom stereocenters. The second kappa shape index (κ2) is 3.94. The summed E-state index contributed by atoms with van der Waals surface area (Å²) in [6.07, 6.45) is 5.18. The van der Waals surface area contributed by atoms with Crippen LogP contribution in [-0.4, -0.2) is 0 Å². The molecule has 0 radical (unpaired) electrons. The van der Waals surface area contributed by atoms with Crippen LogP contribution >= 0.6 is 0 Å². The zero-order valence-electron chi connectivity index (χ0n) is 12.7. The molecule has 2 aromatic rings. The molecule has 0 fully saturated rings. The largest absolute Gasteiger partial charge is 0.213 e. The van der Waals surface area contributed by atoms with Gasteiger partial charge in [-0.3, -0.25) is 0 Å². The SMILES string of the molecule is Cc1ccccc1-c1cc2c3c([n+]1C)CCC3(C)CC2. The van der Waals surface area contributed by atoms with Crippen LogP contribution in [0.3, 0.4) is 0 Å². The molecule has 0 bridgehead atoms. The fourth-order valence-electron chi connectivity index (χ4n) is 4.36. The Bertz CT molecular complexity index is 714. The maximum atomic E-state index is 2.46. The predicted octanol–water partition coefficient (Wildman–Crippen LogP) is 3.64. The summed E-state index contributed by atoms with van der Waals surface area (Å²) in [7, 11) is 2.25. The van der Waals surface area contributed by atoms with Crippen LogP contribution in [0.15, 0.2) is 30.3 Å². The highest BCUT2D eigenvalue weighted by Gasteiger charge is 2.45. The van der Waals surface area contributed by atoms with Crippen molar-refractivity contribution in [2.75, 3.05) is 0 Å². The number of benzene rings is 1. The first-order valence-electron chi connectivity index (χ1n) is 7.71. The van der Waals surface area contributed by atoms with Gasteiger partial charge in [0.1, 0.15) is 7.05 Å². The Morgan fingerprint density at radius 2 is 1.85 bits per heavy atom. The lowest BCUT2D eigenvalue weighted by molar-refractivity contribution is -0.668. The molecule has 0 N–H and O–H groups in total. The lowest BCUT2D eigenvalue weighted by Gasteiger charge is -2.17. The third-order valence-corrected chi connectivity index (χ3v) is 5.57. The van der Waals surface area contributed by atoms with E-state index in [9.17, 15) is 0 Å². The number of hydrogen-bond acceptors (Lipinski definition) is 0. The van der Waals surface area contributed by atoms with E-state index >= 15 is 0 Å². The van der Waals surface area contributed by atoms with E-state index in [2.05, 4.69) is 55.8 Å². The summed E-state index contributed by atoms with van der Waals surface area (Å²) in [5.41, 5.74) is 9.48. The van der Waals surface area contributed by atoms with Gasteiger partial charge < -0.3 is 0 Å². The van der Waals surface area contributed by atoms with Crippen LogP contribution in [0.1, 0.15) is 42.1 Å². The molecule has 20 heavy (non-hydrogen) atoms. The second-order valence-electron chi connectivity index (χ2n) is 6.81. The highest BCUT2D eigenvalue weighted by molar-refractivity contribution is 5.63. The van der Waals surface area contributed by atoms with E-state index < -0.39 is 0 Å². The minimum absolute atomic E-state index is 0.465. The van der Waals surface area contributed by atoms with Crippen molar-refractivity contribution in [3.8, 4) is 11.3 Å². The summed E-state index contributed by atoms with van der Waals surface area (Å²) >= 11 is 0. The zero-order chi connectivity index (χ0) is 13.9. The third kappa shape index (κ3) is 1.47. The average molecular weight is 264 g/mol. The first kappa shape index (κ1) is 12.1. The number of hydrogen-bond donors (Lipinski definition) is 0. The Kier molecular flexibility index (Phi) is 2.39. The van der Waals surface area contributed by atoms with E-state index in [1.165, 1.54) is 42.5 Å². The van der Waals surface area contributed by atoms with Gasteiger partial charge in [-0.1, -0.05) is 25.1 Å². The van der Waals surface area contributed by atoms with Crippen LogP contribution in [-0.2, 0) is 25.3 Å². The van der Waals surface area contributed by atoms with Crippen LogP contribution in [0.2, 0.25) is 0 Å². The Hall–Kier alpha value is -1.63. The molecule has 1 atom stereocenters. The van der Waals surface area contributed by atoms with Crippen molar-refractivity contribution in [1.29, 1.82) is 0 Å². The molecule has 1 aromatic carbocycles. The molecule has 1 aromatic heterocycles. The summed E-state index contributed by atoms with van der Waals surface area (Å²) in [5, 5.41) is 0. The molecule has 4 rings (SSSR count). The van der Waals surface area contributed by atoms with Crippen LogP contribution < -0.4 is 4.57 Å². The first-order chi connectivity index (χ1) is 9.60. The van der Waals surface area contributed by atoms with Gasteiger partial charge in [-0.2, -0.15) is 4.57 Å². The summed E-state index contributed by atoms with van der Waals surface area (Å²) in [5.74, 6) is 0. The maximum absolute atomic E-state index is 2.46. The minimum Gasteiger partial charge on any atom is -0.198 e. The molecule has 2 aliphatic carbocycles. The first-order valence-corrected chi connectivity index (χ1v) is 7.71. The van der Waals surface area contributed by atoms with E-state index in [1.807, 2.05) is 0 Å². The summed E-state index contributed by atoms with van der Waals surface area (Å²) in [4.78, 5) is 0. The Morgan fingerprint density at radius 3 is 2.65 bits per heavy atom. The number of aromatic nitrogens is 1. The molecule has 0 aliphatic heterocycles. The van der Waals surface area contributed by atoms with Gasteiger partial charge in [0.2, 0.25) is 5.69 Å². The van der Waals surface area contributed by atoms with Crippen molar-refractivity contribution in [1.82, 2.24) is 0 Å². The fraction of sp³-hybridized carbons (Fsp3) is 0.421. The van der Waals surface area contributed by atoms with Crippen molar-refractivity contribution in [2.24, 2.45) is 7.05 Å². The number of aryl methyl sites for hydroxylation is 2. The van der Waals surface area contributed by atoms with Crippen LogP contribution in [0.5, 0.6) is 0 Å². The molecule has 0 saturated heterocycles. The van der Waals surface area contributed by atoms with Gasteiger partial charge in [0, 0.05) is 23.6 Å². The highest BCUT2D eigenvalue weighted by atomic mass is 15.0. The van der Waals surface area contributed by atoms with Gasteiger partial charge in [-0.25, -0.2) is 0 Å². The van der Waals surface area contributed by atoms with Crippen LogP contribution in [0, 0.1) is 6.92 Å². The van der Waals surface area contributed by atoms with Crippen LogP contribution in [0.4, 0.5) is 0 Å². The predicted molar refractivity (Wildman–Crippen MR) is 81.8 cm³/mol. The molecule has 2 aliphatic rings. The molecule has 0 spiro atoms. The fourth-order valence-corrected chi connectivity index (χ4v) is 4.36. The lowest BCUT2D eigenvalue weighted by atomic mass is 9.86. The van der Waals surface area contributed by atoms with Crippen molar-refractivity contribution in [3.63, 3.8) is 0 Å². The van der Waals surface area contributed by atoms with Crippen molar-refractivity contribution in [2.45, 2.75) is 44.9 Å². The molecule has 1 heteroatoms. The zero-order valence-corrected chi connectivity index (χ0v) is 12.7. The average Bonchev–Trinajstić information content (AvgIpc) is 2.94. The van der Waals surface area contributed by atoms with Gasteiger partial charge in [-0.15, -0.1) is 0 Å². The second-order valence-corrected chi connectivity index (χ2v) is 6.81. The van der Waals surface area contributed by atoms with Gasteiger partial charge in [0.15, 0.2) is 5.69 Å². The van der Waals surface area contributed by atoms with Crippen molar-refractivity contribution in [3.05, 3.63) is 52.7 Å². The topological polar surface area (TPSA) is 3.88 Å². The number of rotatable bonds is 1. The van der Waals surface area contributed by atoms with Gasteiger partial charge in [0.25, 0.3) is 0 Å². The quantitative estimate of drug-likeness (QED) is 0.692. The third-order valence-electron chi connectivity index (χ3n) is 5.57. The van der Waals surface area contributed by atoms with Gasteiger partial charge >= 0.3 is 0 Å². The summed E-state index contributed by atoms with van der Waals surface area (Å²) < 4.78 is 2.46.